The highest BCUT2D eigenvalue weighted by Gasteiger charge is 2.47. The number of hydrogen-bond acceptors (Lipinski definition) is 6. The Bertz CT molecular complexity index is 1110. The number of halogens is 1. The molecule has 4 aliphatic rings. The van der Waals surface area contributed by atoms with Crippen molar-refractivity contribution in [2.24, 2.45) is 17.3 Å². The molecule has 1 aromatic heterocycles. The van der Waals surface area contributed by atoms with Gasteiger partial charge in [0.15, 0.2) is 23.0 Å². The molecule has 1 N–H and O–H groups in total. The number of fused-ring (bicyclic) bond motifs is 1. The molecule has 6 rings (SSSR count). The van der Waals surface area contributed by atoms with E-state index >= 15 is 4.39 Å². The van der Waals surface area contributed by atoms with Crippen LogP contribution in [-0.2, 0) is 6.54 Å². The van der Waals surface area contributed by atoms with Crippen molar-refractivity contribution >= 4 is 17.6 Å². The number of anilines is 2. The van der Waals surface area contributed by atoms with E-state index in [0.717, 1.165) is 70.1 Å². The summed E-state index contributed by atoms with van der Waals surface area (Å²) in [6.45, 7) is 10.6. The third-order valence-corrected chi connectivity index (χ3v) is 9.01. The topological polar surface area (TPSA) is 70.8 Å². The zero-order valence-corrected chi connectivity index (χ0v) is 21.6. The fourth-order valence-electron chi connectivity index (χ4n) is 6.16. The fraction of sp³-hybridized carbons (Fsp3) is 0.643. The van der Waals surface area contributed by atoms with Gasteiger partial charge in [-0.05, 0) is 82.0 Å². The molecule has 0 spiro atoms. The molecule has 2 saturated heterocycles. The Labute approximate surface area is 212 Å². The zero-order valence-electron chi connectivity index (χ0n) is 21.6. The monoisotopic (exact) mass is 496 g/mol. The fourth-order valence-corrected chi connectivity index (χ4v) is 6.16. The Balaban J connectivity index is 1.18. The Morgan fingerprint density at radius 3 is 2.53 bits per heavy atom. The van der Waals surface area contributed by atoms with Crippen LogP contribution < -0.4 is 15.0 Å². The van der Waals surface area contributed by atoms with Crippen molar-refractivity contribution in [2.75, 3.05) is 36.4 Å². The summed E-state index contributed by atoms with van der Waals surface area (Å²) in [6.07, 6.45) is 6.81. The van der Waals surface area contributed by atoms with Gasteiger partial charge in [0.1, 0.15) is 0 Å². The minimum Gasteiger partial charge on any atom is -0.487 e. The normalized spacial score (nSPS) is 26.2. The Morgan fingerprint density at radius 1 is 1.19 bits per heavy atom. The molecule has 0 bridgehead atoms. The first-order valence-corrected chi connectivity index (χ1v) is 13.6. The maximum Gasteiger partial charge on any atom is 0.298 e. The van der Waals surface area contributed by atoms with E-state index < -0.39 is 5.82 Å². The number of likely N-dealkylation sites (tertiary alicyclic amines) is 1. The number of amides is 1. The summed E-state index contributed by atoms with van der Waals surface area (Å²) in [5.74, 6) is 1.60. The van der Waals surface area contributed by atoms with Crippen LogP contribution in [0, 0.1) is 30.0 Å². The van der Waals surface area contributed by atoms with Crippen molar-refractivity contribution in [3.8, 4) is 5.75 Å². The summed E-state index contributed by atoms with van der Waals surface area (Å²) < 4.78 is 27.2. The lowest BCUT2D eigenvalue weighted by Crippen LogP contribution is -2.56. The number of ether oxygens (including phenoxy) is 1. The molecule has 1 aromatic carbocycles. The van der Waals surface area contributed by atoms with Crippen LogP contribution in [0.25, 0.3) is 0 Å². The molecule has 2 atom stereocenters. The largest absolute Gasteiger partial charge is 0.487 e. The highest BCUT2D eigenvalue weighted by atomic mass is 19.1. The smallest absolute Gasteiger partial charge is 0.298 e. The molecule has 2 unspecified atom stereocenters. The van der Waals surface area contributed by atoms with Crippen molar-refractivity contribution in [1.29, 1.82) is 0 Å². The molecule has 2 aromatic rings. The lowest BCUT2D eigenvalue weighted by molar-refractivity contribution is 0.101. The van der Waals surface area contributed by atoms with Crippen LogP contribution in [0.15, 0.2) is 16.5 Å². The lowest BCUT2D eigenvalue weighted by Gasteiger charge is -2.49. The van der Waals surface area contributed by atoms with Gasteiger partial charge in [-0.3, -0.25) is 9.69 Å². The third-order valence-electron chi connectivity index (χ3n) is 9.01. The number of oxazole rings is 1. The van der Waals surface area contributed by atoms with Gasteiger partial charge in [0.2, 0.25) is 0 Å². The van der Waals surface area contributed by atoms with E-state index in [1.807, 2.05) is 6.92 Å². The molecule has 2 aliphatic heterocycles. The second kappa shape index (κ2) is 9.05. The Morgan fingerprint density at radius 2 is 1.92 bits per heavy atom. The number of nitrogens with one attached hydrogen (secondary N) is 1. The summed E-state index contributed by atoms with van der Waals surface area (Å²) in [7, 11) is 0. The average Bonchev–Trinajstić information content (AvgIpc) is 3.20. The van der Waals surface area contributed by atoms with Crippen LogP contribution in [0.3, 0.4) is 0 Å². The van der Waals surface area contributed by atoms with Gasteiger partial charge in [0, 0.05) is 30.3 Å². The minimum absolute atomic E-state index is 0.0978. The van der Waals surface area contributed by atoms with E-state index in [1.54, 1.807) is 6.07 Å². The van der Waals surface area contributed by atoms with Crippen LogP contribution in [-0.4, -0.2) is 48.1 Å². The molecule has 2 saturated carbocycles. The number of hydrogen-bond donors (Lipinski definition) is 1. The number of aryl methyl sites for hydroxylation is 1. The summed E-state index contributed by atoms with van der Waals surface area (Å²) in [4.78, 5) is 22.3. The van der Waals surface area contributed by atoms with Gasteiger partial charge in [-0.2, -0.15) is 4.98 Å². The van der Waals surface area contributed by atoms with Crippen molar-refractivity contribution < 1.29 is 18.3 Å². The van der Waals surface area contributed by atoms with Crippen molar-refractivity contribution in [1.82, 2.24) is 9.88 Å². The molecule has 0 radical (unpaired) electrons. The van der Waals surface area contributed by atoms with Crippen LogP contribution in [0.4, 0.5) is 16.1 Å². The lowest BCUT2D eigenvalue weighted by atomic mass is 9.75. The third kappa shape index (κ3) is 4.38. The van der Waals surface area contributed by atoms with Gasteiger partial charge in [-0.25, -0.2) is 4.39 Å². The number of aromatic nitrogens is 1. The molecule has 8 heteroatoms. The first-order chi connectivity index (χ1) is 17.4. The highest BCUT2D eigenvalue weighted by Crippen LogP contribution is 2.52. The van der Waals surface area contributed by atoms with Gasteiger partial charge in [0.25, 0.3) is 11.9 Å². The van der Waals surface area contributed by atoms with Crippen molar-refractivity contribution in [3.05, 3.63) is 35.0 Å². The zero-order chi connectivity index (χ0) is 25.0. The minimum atomic E-state index is -0.441. The summed E-state index contributed by atoms with van der Waals surface area (Å²) in [5, 5.41) is 2.86. The summed E-state index contributed by atoms with van der Waals surface area (Å²) in [6, 6.07) is 3.63. The Kier molecular flexibility index (Phi) is 5.97. The van der Waals surface area contributed by atoms with E-state index in [0.29, 0.717) is 40.7 Å². The first kappa shape index (κ1) is 23.8. The highest BCUT2D eigenvalue weighted by molar-refractivity contribution is 6.03. The van der Waals surface area contributed by atoms with Crippen LogP contribution in [0.5, 0.6) is 5.75 Å². The van der Waals surface area contributed by atoms with E-state index in [9.17, 15) is 4.79 Å². The molecule has 4 fully saturated rings. The molecule has 36 heavy (non-hydrogen) atoms. The van der Waals surface area contributed by atoms with Gasteiger partial charge in [0.05, 0.1) is 12.6 Å². The maximum absolute atomic E-state index is 15.0. The number of carbonyl (C=O) groups is 1. The molecular weight excluding hydrogens is 459 g/mol. The van der Waals surface area contributed by atoms with Crippen LogP contribution in [0.1, 0.15) is 74.2 Å². The quantitative estimate of drug-likeness (QED) is 0.502. The second-order valence-electron chi connectivity index (χ2n) is 11.5. The maximum atomic E-state index is 15.0. The standard InChI is InChI=1S/C28H37FN4O3/c1-4-28(5-2)15-33(16-28)27-31-24(23(36-27)14-32-7-6-8-32)26(34)30-20-9-17(3)25(22(29)13-20)35-21-11-18-10-19(18)12-21/h9,13,18-19,21H,4-8,10-12,14-16H2,1-3H3,(H,30,34). The summed E-state index contributed by atoms with van der Waals surface area (Å²) in [5.41, 5.74) is 1.66. The SMILES string of the molecule is CCC1(CC)CN(c2nc(C(=O)Nc3cc(C)c(OC4CC5CC5C4)c(F)c3)c(CN3CCC3)o2)C1. The molecule has 2 aliphatic carbocycles. The average molecular weight is 497 g/mol. The van der Waals surface area contributed by atoms with Gasteiger partial charge < -0.3 is 19.4 Å². The van der Waals surface area contributed by atoms with Crippen LogP contribution in [0.2, 0.25) is 0 Å². The van der Waals surface area contributed by atoms with E-state index in [4.69, 9.17) is 9.15 Å². The molecular formula is C28H37FN4O3. The predicted octanol–water partition coefficient (Wildman–Crippen LogP) is 5.38. The van der Waals surface area contributed by atoms with E-state index in [-0.39, 0.29) is 17.7 Å². The van der Waals surface area contributed by atoms with Crippen LogP contribution >= 0.6 is 0 Å². The van der Waals surface area contributed by atoms with E-state index in [1.165, 1.54) is 12.5 Å². The number of benzene rings is 1. The van der Waals surface area contributed by atoms with Crippen molar-refractivity contribution in [3.63, 3.8) is 0 Å². The number of carbonyl (C=O) groups excluding carboxylic acids is 1. The molecule has 3 heterocycles. The summed E-state index contributed by atoms with van der Waals surface area (Å²) >= 11 is 0. The van der Waals surface area contributed by atoms with Gasteiger partial charge >= 0.3 is 0 Å². The molecule has 7 nitrogen and oxygen atoms in total. The predicted molar refractivity (Wildman–Crippen MR) is 136 cm³/mol. The second-order valence-corrected chi connectivity index (χ2v) is 11.5. The Hall–Kier alpha value is -2.61. The van der Waals surface area contributed by atoms with Gasteiger partial charge in [-0.1, -0.05) is 13.8 Å². The number of nitrogens with zero attached hydrogens (tertiary/aromatic N) is 3. The molecule has 194 valence electrons. The molecule has 1 amide bonds. The first-order valence-electron chi connectivity index (χ1n) is 13.6. The number of rotatable bonds is 9. The van der Waals surface area contributed by atoms with E-state index in [2.05, 4.69) is 33.9 Å². The van der Waals surface area contributed by atoms with Crippen molar-refractivity contribution in [2.45, 2.75) is 71.9 Å². The van der Waals surface area contributed by atoms with Gasteiger partial charge in [-0.15, -0.1) is 0 Å².